The Morgan fingerprint density at radius 2 is 2.27 bits per heavy atom. The molecule has 0 radical (unpaired) electrons. The number of ether oxygens (including phenoxy) is 2. The Hall–Kier alpha value is -1.36. The van der Waals surface area contributed by atoms with Crippen molar-refractivity contribution in [2.45, 2.75) is 20.0 Å². The van der Waals surface area contributed by atoms with Crippen LogP contribution in [0, 0.1) is 0 Å². The molecule has 0 aliphatic rings. The van der Waals surface area contributed by atoms with Gasteiger partial charge < -0.3 is 14.8 Å². The van der Waals surface area contributed by atoms with E-state index in [1.807, 2.05) is 13.8 Å². The largest absolute Gasteiger partial charge is 0.472 e. The fraction of sp³-hybridized carbons (Fsp3) is 0.600. The van der Waals surface area contributed by atoms with Crippen molar-refractivity contribution in [1.82, 2.24) is 9.97 Å². The van der Waals surface area contributed by atoms with Gasteiger partial charge in [-0.3, -0.25) is 0 Å². The molecule has 0 bridgehead atoms. The number of anilines is 1. The Morgan fingerprint density at radius 1 is 1.47 bits per heavy atom. The standard InChI is InChI=1S/C10H17N3O2/c1-4-14-6-8(2)15-10-5-9(11-3)12-7-13-10/h5,7-8H,4,6H2,1-3H3,(H,11,12,13). The van der Waals surface area contributed by atoms with E-state index < -0.39 is 0 Å². The van der Waals surface area contributed by atoms with Gasteiger partial charge >= 0.3 is 0 Å². The van der Waals surface area contributed by atoms with Crippen LogP contribution in [0.3, 0.4) is 0 Å². The van der Waals surface area contributed by atoms with Gasteiger partial charge in [0.2, 0.25) is 5.88 Å². The van der Waals surface area contributed by atoms with E-state index in [0.29, 0.717) is 19.1 Å². The van der Waals surface area contributed by atoms with E-state index in [0.717, 1.165) is 5.82 Å². The van der Waals surface area contributed by atoms with Crippen molar-refractivity contribution in [2.24, 2.45) is 0 Å². The van der Waals surface area contributed by atoms with Crippen molar-refractivity contribution in [1.29, 1.82) is 0 Å². The minimum atomic E-state index is -0.00967. The lowest BCUT2D eigenvalue weighted by molar-refractivity contribution is 0.0633. The summed E-state index contributed by atoms with van der Waals surface area (Å²) in [6.07, 6.45) is 1.46. The third kappa shape index (κ3) is 4.12. The SMILES string of the molecule is CCOCC(C)Oc1cc(NC)ncn1. The maximum absolute atomic E-state index is 5.54. The Labute approximate surface area is 89.8 Å². The maximum atomic E-state index is 5.54. The number of hydrogen-bond donors (Lipinski definition) is 1. The van der Waals surface area contributed by atoms with Gasteiger partial charge in [0.15, 0.2) is 0 Å². The van der Waals surface area contributed by atoms with E-state index in [-0.39, 0.29) is 6.10 Å². The third-order valence-electron chi connectivity index (χ3n) is 1.78. The molecule has 1 aromatic heterocycles. The molecule has 1 rings (SSSR count). The summed E-state index contributed by atoms with van der Waals surface area (Å²) in [5, 5.41) is 2.92. The van der Waals surface area contributed by atoms with Crippen molar-refractivity contribution < 1.29 is 9.47 Å². The lowest BCUT2D eigenvalue weighted by atomic mass is 10.4. The third-order valence-corrected chi connectivity index (χ3v) is 1.78. The molecule has 0 fully saturated rings. The van der Waals surface area contributed by atoms with Gasteiger partial charge in [-0.2, -0.15) is 0 Å². The second-order valence-electron chi connectivity index (χ2n) is 3.08. The van der Waals surface area contributed by atoms with Crippen LogP contribution < -0.4 is 10.1 Å². The highest BCUT2D eigenvalue weighted by Gasteiger charge is 2.05. The molecule has 5 nitrogen and oxygen atoms in total. The van der Waals surface area contributed by atoms with E-state index in [1.54, 1.807) is 13.1 Å². The van der Waals surface area contributed by atoms with Crippen LogP contribution in [0.2, 0.25) is 0 Å². The van der Waals surface area contributed by atoms with Crippen LogP contribution in [-0.4, -0.2) is 36.3 Å². The zero-order chi connectivity index (χ0) is 11.1. The molecule has 0 aliphatic heterocycles. The predicted octanol–water partition coefficient (Wildman–Crippen LogP) is 1.32. The van der Waals surface area contributed by atoms with Crippen LogP contribution >= 0.6 is 0 Å². The molecule has 1 heterocycles. The summed E-state index contributed by atoms with van der Waals surface area (Å²) < 4.78 is 10.8. The highest BCUT2D eigenvalue weighted by molar-refractivity contribution is 5.35. The fourth-order valence-corrected chi connectivity index (χ4v) is 1.06. The van der Waals surface area contributed by atoms with Crippen molar-refractivity contribution in [3.8, 4) is 5.88 Å². The molecule has 0 amide bonds. The lowest BCUT2D eigenvalue weighted by Gasteiger charge is -2.13. The molecule has 0 saturated heterocycles. The minimum Gasteiger partial charge on any atom is -0.472 e. The second kappa shape index (κ2) is 6.19. The first kappa shape index (κ1) is 11.7. The minimum absolute atomic E-state index is 0.00967. The Kier molecular flexibility index (Phi) is 4.83. The van der Waals surface area contributed by atoms with Gasteiger partial charge in [0.05, 0.1) is 6.61 Å². The topological polar surface area (TPSA) is 56.3 Å². The van der Waals surface area contributed by atoms with Crippen LogP contribution in [0.15, 0.2) is 12.4 Å². The van der Waals surface area contributed by atoms with E-state index in [1.165, 1.54) is 6.33 Å². The first-order valence-electron chi connectivity index (χ1n) is 5.00. The molecule has 1 aromatic rings. The zero-order valence-electron chi connectivity index (χ0n) is 9.36. The summed E-state index contributed by atoms with van der Waals surface area (Å²) in [5.74, 6) is 1.30. The van der Waals surface area contributed by atoms with Gasteiger partial charge in [-0.15, -0.1) is 0 Å². The zero-order valence-corrected chi connectivity index (χ0v) is 9.36. The summed E-state index contributed by atoms with van der Waals surface area (Å²) in [7, 11) is 1.80. The van der Waals surface area contributed by atoms with Crippen LogP contribution in [0.5, 0.6) is 5.88 Å². The smallest absolute Gasteiger partial charge is 0.218 e. The van der Waals surface area contributed by atoms with Crippen LogP contribution in [0.25, 0.3) is 0 Å². The van der Waals surface area contributed by atoms with Gasteiger partial charge in [-0.1, -0.05) is 0 Å². The normalized spacial score (nSPS) is 12.2. The quantitative estimate of drug-likeness (QED) is 0.769. The Balaban J connectivity index is 2.48. The summed E-state index contributed by atoms with van der Waals surface area (Å²) in [4.78, 5) is 8.00. The predicted molar refractivity (Wildman–Crippen MR) is 58.2 cm³/mol. The first-order valence-corrected chi connectivity index (χ1v) is 5.00. The second-order valence-corrected chi connectivity index (χ2v) is 3.08. The molecule has 0 aromatic carbocycles. The van der Waals surface area contributed by atoms with E-state index >= 15 is 0 Å². The molecule has 1 unspecified atom stereocenters. The van der Waals surface area contributed by atoms with Gasteiger partial charge in [-0.05, 0) is 13.8 Å². The Morgan fingerprint density at radius 3 is 2.93 bits per heavy atom. The van der Waals surface area contributed by atoms with E-state index in [9.17, 15) is 0 Å². The molecule has 1 N–H and O–H groups in total. The highest BCUT2D eigenvalue weighted by Crippen LogP contribution is 2.11. The van der Waals surface area contributed by atoms with Crippen molar-refractivity contribution in [3.63, 3.8) is 0 Å². The van der Waals surface area contributed by atoms with Gasteiger partial charge in [0, 0.05) is 19.7 Å². The van der Waals surface area contributed by atoms with Gasteiger partial charge in [-0.25, -0.2) is 9.97 Å². The summed E-state index contributed by atoms with van der Waals surface area (Å²) in [6.45, 7) is 5.15. The van der Waals surface area contributed by atoms with Crippen LogP contribution in [-0.2, 0) is 4.74 Å². The number of nitrogens with zero attached hydrogens (tertiary/aromatic N) is 2. The molecule has 1 atom stereocenters. The Bertz CT molecular complexity index is 294. The van der Waals surface area contributed by atoms with Crippen LogP contribution in [0.1, 0.15) is 13.8 Å². The van der Waals surface area contributed by atoms with E-state index in [2.05, 4.69) is 15.3 Å². The summed E-state index contributed by atoms with van der Waals surface area (Å²) >= 11 is 0. The number of hydrogen-bond acceptors (Lipinski definition) is 5. The molecule has 84 valence electrons. The molecule has 0 aliphatic carbocycles. The average Bonchev–Trinajstić information content (AvgIpc) is 2.26. The number of rotatable bonds is 6. The fourth-order valence-electron chi connectivity index (χ4n) is 1.06. The van der Waals surface area contributed by atoms with Crippen molar-refractivity contribution in [2.75, 3.05) is 25.6 Å². The molecule has 5 heteroatoms. The first-order chi connectivity index (χ1) is 7.26. The summed E-state index contributed by atoms with van der Waals surface area (Å²) in [5.41, 5.74) is 0. The van der Waals surface area contributed by atoms with E-state index in [4.69, 9.17) is 9.47 Å². The highest BCUT2D eigenvalue weighted by atomic mass is 16.5. The van der Waals surface area contributed by atoms with Crippen molar-refractivity contribution >= 4 is 5.82 Å². The summed E-state index contributed by atoms with van der Waals surface area (Å²) in [6, 6.07) is 1.75. The lowest BCUT2D eigenvalue weighted by Crippen LogP contribution is -2.19. The molecule has 15 heavy (non-hydrogen) atoms. The molecular weight excluding hydrogens is 194 g/mol. The van der Waals surface area contributed by atoms with Crippen molar-refractivity contribution in [3.05, 3.63) is 12.4 Å². The number of aromatic nitrogens is 2. The molecule has 0 saturated carbocycles. The monoisotopic (exact) mass is 211 g/mol. The van der Waals surface area contributed by atoms with Gasteiger partial charge in [0.1, 0.15) is 18.2 Å². The average molecular weight is 211 g/mol. The number of nitrogens with one attached hydrogen (secondary N) is 1. The molecular formula is C10H17N3O2. The maximum Gasteiger partial charge on any atom is 0.218 e. The van der Waals surface area contributed by atoms with Gasteiger partial charge in [0.25, 0.3) is 0 Å². The van der Waals surface area contributed by atoms with Crippen LogP contribution in [0.4, 0.5) is 5.82 Å². The molecule has 0 spiro atoms.